The van der Waals surface area contributed by atoms with E-state index in [2.05, 4.69) is 12.0 Å². The number of halogens is 1. The number of nitrogens with two attached hydrogens (primary N) is 1. The van der Waals surface area contributed by atoms with Gasteiger partial charge in [0.05, 0.1) is 6.20 Å². The minimum atomic E-state index is -1.40. The number of nitrogens with zero attached hydrogens (tertiary/aromatic N) is 2. The molecule has 1 unspecified atom stereocenters. The van der Waals surface area contributed by atoms with Crippen molar-refractivity contribution in [2.75, 3.05) is 6.54 Å². The van der Waals surface area contributed by atoms with Gasteiger partial charge >= 0.3 is 0 Å². The molecule has 0 radical (unpaired) electrons. The number of rotatable bonds is 6. The van der Waals surface area contributed by atoms with Gasteiger partial charge in [0.2, 0.25) is 0 Å². The molecule has 86 valence electrons. The zero-order chi connectivity index (χ0) is 11.3. The minimum Gasteiger partial charge on any atom is -0.327 e. The fraction of sp³-hybridized carbons (Fsp3) is 0.727. The van der Waals surface area contributed by atoms with Gasteiger partial charge in [0.25, 0.3) is 0 Å². The lowest BCUT2D eigenvalue weighted by Crippen LogP contribution is -2.29. The van der Waals surface area contributed by atoms with Crippen molar-refractivity contribution < 1.29 is 4.39 Å². The zero-order valence-corrected chi connectivity index (χ0v) is 9.54. The number of aromatic nitrogens is 2. The second-order valence-electron chi connectivity index (χ2n) is 3.91. The van der Waals surface area contributed by atoms with Crippen LogP contribution in [-0.4, -0.2) is 16.3 Å². The van der Waals surface area contributed by atoms with Crippen molar-refractivity contribution in [3.63, 3.8) is 0 Å². The Balaban J connectivity index is 2.82. The summed E-state index contributed by atoms with van der Waals surface area (Å²) in [5, 5.41) is 4.12. The van der Waals surface area contributed by atoms with Crippen LogP contribution in [0.2, 0.25) is 0 Å². The summed E-state index contributed by atoms with van der Waals surface area (Å²) in [6.07, 6.45) is 5.61. The molecule has 15 heavy (non-hydrogen) atoms. The van der Waals surface area contributed by atoms with Crippen molar-refractivity contribution in [3.8, 4) is 0 Å². The topological polar surface area (TPSA) is 43.8 Å². The van der Waals surface area contributed by atoms with Gasteiger partial charge in [0, 0.05) is 24.8 Å². The molecule has 0 aliphatic heterocycles. The van der Waals surface area contributed by atoms with Gasteiger partial charge in [-0.2, -0.15) is 5.10 Å². The molecular formula is C11H20FN3. The summed E-state index contributed by atoms with van der Waals surface area (Å²) >= 11 is 0. The van der Waals surface area contributed by atoms with Crippen LogP contribution in [0.5, 0.6) is 0 Å². The SMILES string of the molecule is CCCn1cc(C(F)(CN)CCC)cn1. The van der Waals surface area contributed by atoms with Crippen molar-refractivity contribution in [3.05, 3.63) is 18.0 Å². The Morgan fingerprint density at radius 2 is 2.20 bits per heavy atom. The average Bonchev–Trinajstić information content (AvgIpc) is 2.68. The Hall–Kier alpha value is -0.900. The van der Waals surface area contributed by atoms with Gasteiger partial charge in [-0.1, -0.05) is 20.3 Å². The molecule has 1 aromatic rings. The van der Waals surface area contributed by atoms with Gasteiger partial charge < -0.3 is 5.73 Å². The Morgan fingerprint density at radius 1 is 1.47 bits per heavy atom. The zero-order valence-electron chi connectivity index (χ0n) is 9.54. The first-order valence-electron chi connectivity index (χ1n) is 5.58. The van der Waals surface area contributed by atoms with Crippen molar-refractivity contribution in [1.82, 2.24) is 9.78 Å². The van der Waals surface area contributed by atoms with Crippen molar-refractivity contribution in [2.45, 2.75) is 45.3 Å². The molecule has 1 rings (SSSR count). The summed E-state index contributed by atoms with van der Waals surface area (Å²) in [5.74, 6) is 0. The second kappa shape index (κ2) is 5.26. The Morgan fingerprint density at radius 3 is 2.73 bits per heavy atom. The van der Waals surface area contributed by atoms with Gasteiger partial charge in [-0.15, -0.1) is 0 Å². The second-order valence-corrected chi connectivity index (χ2v) is 3.91. The molecule has 0 bridgehead atoms. The highest BCUT2D eigenvalue weighted by Crippen LogP contribution is 2.29. The third kappa shape index (κ3) is 2.78. The molecule has 0 aliphatic carbocycles. The number of aryl methyl sites for hydroxylation is 1. The van der Waals surface area contributed by atoms with Crippen LogP contribution in [0.1, 0.15) is 38.7 Å². The normalized spacial score (nSPS) is 15.2. The number of hydrogen-bond donors (Lipinski definition) is 1. The highest BCUT2D eigenvalue weighted by molar-refractivity contribution is 5.16. The maximum atomic E-state index is 14.3. The summed E-state index contributed by atoms with van der Waals surface area (Å²) in [4.78, 5) is 0. The molecule has 0 spiro atoms. The van der Waals surface area contributed by atoms with E-state index in [0.717, 1.165) is 19.4 Å². The molecule has 0 fully saturated rings. The lowest BCUT2D eigenvalue weighted by atomic mass is 9.94. The molecule has 0 amide bonds. The van der Waals surface area contributed by atoms with E-state index in [1.165, 1.54) is 0 Å². The van der Waals surface area contributed by atoms with Crippen LogP contribution in [0, 0.1) is 0 Å². The maximum absolute atomic E-state index is 14.3. The van der Waals surface area contributed by atoms with Crippen LogP contribution in [0.3, 0.4) is 0 Å². The fourth-order valence-corrected chi connectivity index (χ4v) is 1.71. The lowest BCUT2D eigenvalue weighted by Gasteiger charge is -2.21. The largest absolute Gasteiger partial charge is 0.327 e. The van der Waals surface area contributed by atoms with Crippen LogP contribution in [0.15, 0.2) is 12.4 Å². The van der Waals surface area contributed by atoms with Crippen molar-refractivity contribution >= 4 is 0 Å². The molecule has 0 saturated heterocycles. The predicted molar refractivity (Wildman–Crippen MR) is 59.3 cm³/mol. The third-order valence-electron chi connectivity index (χ3n) is 2.57. The van der Waals surface area contributed by atoms with Gasteiger partial charge in [-0.3, -0.25) is 4.68 Å². The lowest BCUT2D eigenvalue weighted by molar-refractivity contribution is 0.159. The van der Waals surface area contributed by atoms with Gasteiger partial charge in [-0.25, -0.2) is 4.39 Å². The molecule has 0 aromatic carbocycles. The molecule has 4 heteroatoms. The van der Waals surface area contributed by atoms with E-state index in [4.69, 9.17) is 5.73 Å². The predicted octanol–water partition coefficient (Wildman–Crippen LogP) is 2.22. The summed E-state index contributed by atoms with van der Waals surface area (Å²) in [5.41, 5.74) is 4.71. The maximum Gasteiger partial charge on any atom is 0.151 e. The van der Waals surface area contributed by atoms with Crippen LogP contribution in [0.4, 0.5) is 4.39 Å². The molecule has 2 N–H and O–H groups in total. The van der Waals surface area contributed by atoms with E-state index < -0.39 is 5.67 Å². The third-order valence-corrected chi connectivity index (χ3v) is 2.57. The van der Waals surface area contributed by atoms with Crippen LogP contribution in [-0.2, 0) is 12.2 Å². The molecule has 0 aliphatic rings. The monoisotopic (exact) mass is 213 g/mol. The van der Waals surface area contributed by atoms with E-state index in [0.29, 0.717) is 12.0 Å². The van der Waals surface area contributed by atoms with Crippen LogP contribution >= 0.6 is 0 Å². The first-order valence-corrected chi connectivity index (χ1v) is 5.58. The van der Waals surface area contributed by atoms with E-state index >= 15 is 0 Å². The van der Waals surface area contributed by atoms with E-state index in [1.807, 2.05) is 6.92 Å². The summed E-state index contributed by atoms with van der Waals surface area (Å²) < 4.78 is 16.1. The minimum absolute atomic E-state index is 0.0264. The fourth-order valence-electron chi connectivity index (χ4n) is 1.71. The molecule has 3 nitrogen and oxygen atoms in total. The first-order chi connectivity index (χ1) is 7.16. The first kappa shape index (κ1) is 12.2. The van der Waals surface area contributed by atoms with Gasteiger partial charge in [0.1, 0.15) is 0 Å². The summed E-state index contributed by atoms with van der Waals surface area (Å²) in [6, 6.07) is 0. The highest BCUT2D eigenvalue weighted by Gasteiger charge is 2.30. The highest BCUT2D eigenvalue weighted by atomic mass is 19.1. The molecule has 0 saturated carbocycles. The molecule has 1 aromatic heterocycles. The van der Waals surface area contributed by atoms with E-state index in [-0.39, 0.29) is 6.54 Å². The van der Waals surface area contributed by atoms with Crippen molar-refractivity contribution in [2.24, 2.45) is 5.73 Å². The number of alkyl halides is 1. The Labute approximate surface area is 90.5 Å². The molecular weight excluding hydrogens is 193 g/mol. The summed E-state index contributed by atoms with van der Waals surface area (Å²) in [6.45, 7) is 4.88. The van der Waals surface area contributed by atoms with E-state index in [1.54, 1.807) is 17.1 Å². The average molecular weight is 213 g/mol. The quantitative estimate of drug-likeness (QED) is 0.787. The Bertz CT molecular complexity index is 298. The molecule has 1 heterocycles. The van der Waals surface area contributed by atoms with E-state index in [9.17, 15) is 4.39 Å². The van der Waals surface area contributed by atoms with Crippen LogP contribution < -0.4 is 5.73 Å². The standard InChI is InChI=1S/C11H20FN3/c1-3-5-11(12,9-13)10-7-14-15(8-10)6-4-2/h7-8H,3-6,9,13H2,1-2H3. The van der Waals surface area contributed by atoms with Gasteiger partial charge in [-0.05, 0) is 12.8 Å². The smallest absolute Gasteiger partial charge is 0.151 e. The molecule has 1 atom stereocenters. The van der Waals surface area contributed by atoms with Crippen molar-refractivity contribution in [1.29, 1.82) is 0 Å². The van der Waals surface area contributed by atoms with Gasteiger partial charge in [0.15, 0.2) is 5.67 Å². The number of hydrogen-bond acceptors (Lipinski definition) is 2. The Kier molecular flexibility index (Phi) is 4.27. The van der Waals surface area contributed by atoms with Crippen LogP contribution in [0.25, 0.3) is 0 Å². The summed E-state index contributed by atoms with van der Waals surface area (Å²) in [7, 11) is 0.